The van der Waals surface area contributed by atoms with Gasteiger partial charge in [0.2, 0.25) is 5.78 Å². The van der Waals surface area contributed by atoms with Crippen LogP contribution in [0.5, 0.6) is 0 Å². The highest BCUT2D eigenvalue weighted by molar-refractivity contribution is 6.36. The molecule has 0 aliphatic carbocycles. The molecule has 1 unspecified atom stereocenters. The summed E-state index contributed by atoms with van der Waals surface area (Å²) in [4.78, 5) is 26.7. The first-order chi connectivity index (χ1) is 7.50. The summed E-state index contributed by atoms with van der Waals surface area (Å²) < 4.78 is 0. The van der Waals surface area contributed by atoms with Crippen molar-refractivity contribution in [2.24, 2.45) is 5.92 Å². The van der Waals surface area contributed by atoms with E-state index in [0.29, 0.717) is 19.0 Å². The number of allylic oxidation sites excluding steroid dienone is 1. The van der Waals surface area contributed by atoms with Crippen LogP contribution in [0, 0.1) is 5.92 Å². The van der Waals surface area contributed by atoms with Crippen molar-refractivity contribution in [1.29, 1.82) is 0 Å². The highest BCUT2D eigenvalue weighted by Crippen LogP contribution is 2.10. The molecule has 0 bridgehead atoms. The molecule has 1 aliphatic rings. The first-order valence-electron chi connectivity index (χ1n) is 5.64. The van der Waals surface area contributed by atoms with Crippen molar-refractivity contribution < 1.29 is 9.59 Å². The molecule has 0 N–H and O–H groups in total. The first-order valence-corrected chi connectivity index (χ1v) is 5.64. The minimum atomic E-state index is -0.354. The Kier molecular flexibility index (Phi) is 4.68. The van der Waals surface area contributed by atoms with Gasteiger partial charge >= 0.3 is 0 Å². The molecule has 0 saturated heterocycles. The predicted octanol–water partition coefficient (Wildman–Crippen LogP) is 0.542. The van der Waals surface area contributed by atoms with E-state index >= 15 is 0 Å². The summed E-state index contributed by atoms with van der Waals surface area (Å²) >= 11 is 0. The SMILES string of the molecule is CC1C=CCN(C(=O)C(=O)CN(C)C)CC1. The summed E-state index contributed by atoms with van der Waals surface area (Å²) in [5, 5.41) is 0. The third-order valence-corrected chi connectivity index (χ3v) is 2.63. The fraction of sp³-hybridized carbons (Fsp3) is 0.667. The van der Waals surface area contributed by atoms with Gasteiger partial charge in [-0.25, -0.2) is 0 Å². The Hall–Kier alpha value is -1.16. The molecule has 0 aromatic rings. The molecule has 0 aromatic carbocycles. The molecule has 0 fully saturated rings. The van der Waals surface area contributed by atoms with Crippen molar-refractivity contribution in [2.75, 3.05) is 33.7 Å². The maximum Gasteiger partial charge on any atom is 0.291 e. The van der Waals surface area contributed by atoms with Gasteiger partial charge in [0.05, 0.1) is 6.54 Å². The fourth-order valence-corrected chi connectivity index (χ4v) is 1.68. The van der Waals surface area contributed by atoms with E-state index in [9.17, 15) is 9.59 Å². The monoisotopic (exact) mass is 224 g/mol. The normalized spacial score (nSPS) is 21.0. The maximum atomic E-state index is 11.8. The number of carbonyl (C=O) groups is 2. The minimum Gasteiger partial charge on any atom is -0.332 e. The summed E-state index contributed by atoms with van der Waals surface area (Å²) in [6, 6.07) is 0. The van der Waals surface area contributed by atoms with Gasteiger partial charge in [-0.2, -0.15) is 0 Å². The summed E-state index contributed by atoms with van der Waals surface area (Å²) in [5.41, 5.74) is 0. The maximum absolute atomic E-state index is 11.8. The smallest absolute Gasteiger partial charge is 0.291 e. The Morgan fingerprint density at radius 2 is 2.12 bits per heavy atom. The van der Waals surface area contributed by atoms with Gasteiger partial charge in [-0.3, -0.25) is 9.59 Å². The molecule has 1 rings (SSSR count). The van der Waals surface area contributed by atoms with E-state index in [4.69, 9.17) is 0 Å². The first kappa shape index (κ1) is 12.9. The predicted molar refractivity (Wildman–Crippen MR) is 63.1 cm³/mol. The van der Waals surface area contributed by atoms with E-state index in [2.05, 4.69) is 13.0 Å². The van der Waals surface area contributed by atoms with Crippen molar-refractivity contribution in [3.05, 3.63) is 12.2 Å². The van der Waals surface area contributed by atoms with E-state index in [1.165, 1.54) is 0 Å². The second-order valence-electron chi connectivity index (χ2n) is 4.61. The number of nitrogens with zero attached hydrogens (tertiary/aromatic N) is 2. The van der Waals surface area contributed by atoms with Crippen LogP contribution in [0.4, 0.5) is 0 Å². The van der Waals surface area contributed by atoms with Gasteiger partial charge in [0.1, 0.15) is 0 Å². The van der Waals surface area contributed by atoms with E-state index in [1.807, 2.05) is 6.08 Å². The Morgan fingerprint density at radius 1 is 1.44 bits per heavy atom. The van der Waals surface area contributed by atoms with Gasteiger partial charge in [-0.15, -0.1) is 0 Å². The number of amides is 1. The highest BCUT2D eigenvalue weighted by Gasteiger charge is 2.22. The molecule has 4 heteroatoms. The van der Waals surface area contributed by atoms with Gasteiger partial charge in [0.15, 0.2) is 0 Å². The van der Waals surface area contributed by atoms with Gasteiger partial charge in [-0.05, 0) is 26.4 Å². The van der Waals surface area contributed by atoms with Crippen LogP contribution in [0.15, 0.2) is 12.2 Å². The summed E-state index contributed by atoms with van der Waals surface area (Å²) in [6.07, 6.45) is 5.00. The van der Waals surface area contributed by atoms with Gasteiger partial charge in [-0.1, -0.05) is 19.1 Å². The van der Waals surface area contributed by atoms with Gasteiger partial charge in [0.25, 0.3) is 5.91 Å². The van der Waals surface area contributed by atoms with Crippen molar-refractivity contribution in [3.63, 3.8) is 0 Å². The molecule has 0 radical (unpaired) electrons. The lowest BCUT2D eigenvalue weighted by atomic mass is 10.1. The number of carbonyl (C=O) groups excluding carboxylic acids is 2. The van der Waals surface area contributed by atoms with E-state index in [-0.39, 0.29) is 18.2 Å². The van der Waals surface area contributed by atoms with Crippen LogP contribution in [0.3, 0.4) is 0 Å². The van der Waals surface area contributed by atoms with Gasteiger partial charge in [0, 0.05) is 13.1 Å². The van der Waals surface area contributed by atoms with Crippen molar-refractivity contribution in [1.82, 2.24) is 9.80 Å². The number of rotatable bonds is 3. The fourth-order valence-electron chi connectivity index (χ4n) is 1.68. The molecule has 0 saturated carbocycles. The zero-order valence-corrected chi connectivity index (χ0v) is 10.3. The number of hydrogen-bond donors (Lipinski definition) is 0. The van der Waals surface area contributed by atoms with Gasteiger partial charge < -0.3 is 9.80 Å². The van der Waals surface area contributed by atoms with Crippen LogP contribution < -0.4 is 0 Å². The van der Waals surface area contributed by atoms with Crippen molar-refractivity contribution in [2.45, 2.75) is 13.3 Å². The molecule has 4 nitrogen and oxygen atoms in total. The van der Waals surface area contributed by atoms with Crippen LogP contribution in [0.1, 0.15) is 13.3 Å². The lowest BCUT2D eigenvalue weighted by molar-refractivity contribution is -0.144. The van der Waals surface area contributed by atoms with Crippen LogP contribution in [0.25, 0.3) is 0 Å². The topological polar surface area (TPSA) is 40.6 Å². The Balaban J connectivity index is 2.54. The lowest BCUT2D eigenvalue weighted by Gasteiger charge is -2.20. The second kappa shape index (κ2) is 5.80. The van der Waals surface area contributed by atoms with E-state index in [1.54, 1.807) is 23.9 Å². The Morgan fingerprint density at radius 3 is 2.75 bits per heavy atom. The van der Waals surface area contributed by atoms with Crippen molar-refractivity contribution >= 4 is 11.7 Å². The average Bonchev–Trinajstić information content (AvgIpc) is 2.41. The molecule has 1 heterocycles. The largest absolute Gasteiger partial charge is 0.332 e. The third-order valence-electron chi connectivity index (χ3n) is 2.63. The molecule has 0 spiro atoms. The van der Waals surface area contributed by atoms with Crippen LogP contribution >= 0.6 is 0 Å². The summed E-state index contributed by atoms with van der Waals surface area (Å²) in [5.74, 6) is -0.192. The summed E-state index contributed by atoms with van der Waals surface area (Å²) in [7, 11) is 3.57. The second-order valence-corrected chi connectivity index (χ2v) is 4.61. The Bertz CT molecular complexity index is 297. The molecule has 1 aliphatic heterocycles. The Labute approximate surface area is 96.9 Å². The third kappa shape index (κ3) is 3.77. The zero-order valence-electron chi connectivity index (χ0n) is 10.3. The van der Waals surface area contributed by atoms with Crippen LogP contribution in [-0.4, -0.2) is 55.2 Å². The number of ketones is 1. The molecule has 0 aromatic heterocycles. The number of Topliss-reactive ketones (excluding diaryl/α,β-unsaturated/α-hetero) is 1. The average molecular weight is 224 g/mol. The highest BCUT2D eigenvalue weighted by atomic mass is 16.2. The lowest BCUT2D eigenvalue weighted by Crippen LogP contribution is -2.40. The molecule has 90 valence electrons. The summed E-state index contributed by atoms with van der Waals surface area (Å²) in [6.45, 7) is 3.54. The van der Waals surface area contributed by atoms with E-state index in [0.717, 1.165) is 6.42 Å². The number of likely N-dealkylation sites (N-methyl/N-ethyl adjacent to an activating group) is 1. The molecular weight excluding hydrogens is 204 g/mol. The zero-order chi connectivity index (χ0) is 12.1. The quantitative estimate of drug-likeness (QED) is 0.519. The molecule has 1 amide bonds. The van der Waals surface area contributed by atoms with Crippen LogP contribution in [0.2, 0.25) is 0 Å². The molecule has 1 atom stereocenters. The standard InChI is InChI=1S/C12H20N2O2/c1-10-5-4-7-14(8-6-10)12(16)11(15)9-13(2)3/h4-5,10H,6-9H2,1-3H3. The van der Waals surface area contributed by atoms with E-state index < -0.39 is 0 Å². The molecule has 16 heavy (non-hydrogen) atoms. The number of hydrogen-bond acceptors (Lipinski definition) is 3. The van der Waals surface area contributed by atoms with Crippen molar-refractivity contribution in [3.8, 4) is 0 Å². The molecular formula is C12H20N2O2. The van der Waals surface area contributed by atoms with Crippen LogP contribution in [-0.2, 0) is 9.59 Å². The minimum absolute atomic E-state index is 0.189.